The number of nitrogens with two attached hydrogens (primary N) is 2. The minimum atomic E-state index is -0.456. The molecule has 0 unspecified atom stereocenters. The van der Waals surface area contributed by atoms with Gasteiger partial charge in [-0.05, 0) is 32.1 Å². The number of amides is 1. The predicted octanol–water partition coefficient (Wildman–Crippen LogP) is 5.29. The van der Waals surface area contributed by atoms with E-state index in [-0.39, 0.29) is 30.7 Å². The fourth-order valence-electron chi connectivity index (χ4n) is 2.40. The van der Waals surface area contributed by atoms with Crippen molar-refractivity contribution in [3.05, 3.63) is 12.2 Å². The van der Waals surface area contributed by atoms with E-state index in [4.69, 9.17) is 11.5 Å². The van der Waals surface area contributed by atoms with Crippen LogP contribution in [-0.4, -0.2) is 11.9 Å². The molecule has 0 saturated heterocycles. The third-order valence-electron chi connectivity index (χ3n) is 3.89. The van der Waals surface area contributed by atoms with Gasteiger partial charge in [0.25, 0.3) is 0 Å². The van der Waals surface area contributed by atoms with Crippen LogP contribution in [0.25, 0.3) is 0 Å². The maximum absolute atomic E-state index is 10.8. The molecule has 0 aliphatic heterocycles. The molecular weight excluding hydrogens is 331 g/mol. The van der Waals surface area contributed by atoms with Crippen LogP contribution in [0.1, 0.15) is 90.4 Å². The van der Waals surface area contributed by atoms with Crippen molar-refractivity contribution in [1.29, 1.82) is 0 Å². The first-order chi connectivity index (χ1) is 10.2. The molecule has 5 heteroatoms. The van der Waals surface area contributed by atoms with E-state index in [1.807, 2.05) is 0 Å². The minimum absolute atomic E-state index is 0. The van der Waals surface area contributed by atoms with Gasteiger partial charge in [0.1, 0.15) is 0 Å². The van der Waals surface area contributed by atoms with E-state index < -0.39 is 6.04 Å². The smallest absolute Gasteiger partial charge is 0.234 e. The number of hydrogen-bond acceptors (Lipinski definition) is 2. The van der Waals surface area contributed by atoms with Crippen molar-refractivity contribution in [2.24, 2.45) is 11.5 Å². The molecule has 0 fully saturated rings. The molecule has 0 heterocycles. The van der Waals surface area contributed by atoms with E-state index in [0.717, 1.165) is 19.3 Å². The lowest BCUT2D eigenvalue weighted by atomic mass is 10.1. The van der Waals surface area contributed by atoms with Crippen molar-refractivity contribution in [2.75, 3.05) is 0 Å². The summed E-state index contributed by atoms with van der Waals surface area (Å²) in [6.45, 7) is 2.26. The maximum Gasteiger partial charge on any atom is 0.234 e. The summed E-state index contributed by atoms with van der Waals surface area (Å²) in [6, 6.07) is -0.456. The van der Waals surface area contributed by atoms with Crippen molar-refractivity contribution in [3.8, 4) is 0 Å². The molecule has 1 amide bonds. The summed E-state index contributed by atoms with van der Waals surface area (Å²) in [7, 11) is 0. The topological polar surface area (TPSA) is 69.1 Å². The fraction of sp³-hybridized carbons (Fsp3) is 0.833. The molecule has 4 N–H and O–H groups in total. The lowest BCUT2D eigenvalue weighted by Crippen LogP contribution is -2.36. The van der Waals surface area contributed by atoms with Crippen LogP contribution < -0.4 is 11.5 Å². The molecular formula is C18H38Cl2N2O. The summed E-state index contributed by atoms with van der Waals surface area (Å²) >= 11 is 0. The molecule has 0 radical (unpaired) electrons. The van der Waals surface area contributed by atoms with Crippen LogP contribution in [0.15, 0.2) is 12.2 Å². The van der Waals surface area contributed by atoms with Gasteiger partial charge < -0.3 is 11.5 Å². The van der Waals surface area contributed by atoms with Gasteiger partial charge in [0.05, 0.1) is 6.04 Å². The van der Waals surface area contributed by atoms with Gasteiger partial charge in [0.2, 0.25) is 5.91 Å². The molecule has 0 aliphatic rings. The predicted molar refractivity (Wildman–Crippen MR) is 107 cm³/mol. The highest BCUT2D eigenvalue weighted by atomic mass is 35.5. The summed E-state index contributed by atoms with van der Waals surface area (Å²) in [4.78, 5) is 10.8. The van der Waals surface area contributed by atoms with Gasteiger partial charge in [0.15, 0.2) is 0 Å². The highest BCUT2D eigenvalue weighted by molar-refractivity contribution is 5.85. The Bertz CT molecular complexity index is 274. The molecule has 0 aromatic rings. The van der Waals surface area contributed by atoms with Crippen molar-refractivity contribution in [3.63, 3.8) is 0 Å². The monoisotopic (exact) mass is 368 g/mol. The summed E-state index contributed by atoms with van der Waals surface area (Å²) in [6.07, 6.45) is 20.6. The van der Waals surface area contributed by atoms with E-state index in [0.29, 0.717) is 0 Å². The average Bonchev–Trinajstić information content (AvgIpc) is 2.47. The molecule has 140 valence electrons. The molecule has 0 aromatic carbocycles. The average molecular weight is 369 g/mol. The standard InChI is InChI=1S/C18H36N2O.2ClH/c1-2-3-4-5-6-7-8-9-10-11-12-13-14-15-16-17(19)18(20)21;;/h9-10,17H,2-8,11-16,19H2,1H3,(H2,20,21);2*1H/b10-9-;;/t17-;;/m1../s1. The van der Waals surface area contributed by atoms with Gasteiger partial charge in [0, 0.05) is 0 Å². The van der Waals surface area contributed by atoms with Gasteiger partial charge in [-0.15, -0.1) is 24.8 Å². The number of allylic oxidation sites excluding steroid dienone is 2. The summed E-state index contributed by atoms with van der Waals surface area (Å²) in [5, 5.41) is 0. The Balaban J connectivity index is -0.00000200. The number of unbranched alkanes of at least 4 members (excludes halogenated alkanes) is 10. The summed E-state index contributed by atoms with van der Waals surface area (Å²) < 4.78 is 0. The van der Waals surface area contributed by atoms with Crippen molar-refractivity contribution in [2.45, 2.75) is 96.4 Å². The molecule has 0 spiro atoms. The van der Waals surface area contributed by atoms with Crippen LogP contribution in [0, 0.1) is 0 Å². The SMILES string of the molecule is CCCCCCCC/C=C\CCCCCC[C@@H](N)C(N)=O.Cl.Cl. The third-order valence-corrected chi connectivity index (χ3v) is 3.89. The normalized spacial score (nSPS) is 11.7. The molecule has 1 atom stereocenters. The van der Waals surface area contributed by atoms with Crippen LogP contribution in [0.2, 0.25) is 0 Å². The molecule has 0 aromatic heterocycles. The Kier molecular flexibility index (Phi) is 26.1. The molecule has 0 rings (SSSR count). The molecule has 23 heavy (non-hydrogen) atoms. The lowest BCUT2D eigenvalue weighted by Gasteiger charge is -2.06. The molecule has 0 bridgehead atoms. The van der Waals surface area contributed by atoms with Crippen LogP contribution in [-0.2, 0) is 4.79 Å². The zero-order valence-corrected chi connectivity index (χ0v) is 16.4. The Morgan fingerprint density at radius 1 is 0.826 bits per heavy atom. The maximum atomic E-state index is 10.8. The number of hydrogen-bond donors (Lipinski definition) is 2. The Hall–Kier alpha value is -0.250. The number of rotatable bonds is 15. The zero-order valence-electron chi connectivity index (χ0n) is 14.8. The largest absolute Gasteiger partial charge is 0.368 e. The second-order valence-corrected chi connectivity index (χ2v) is 6.03. The van der Waals surface area contributed by atoms with E-state index in [1.54, 1.807) is 0 Å². The number of halogens is 2. The van der Waals surface area contributed by atoms with Gasteiger partial charge in [-0.1, -0.05) is 70.4 Å². The summed E-state index contributed by atoms with van der Waals surface area (Å²) in [5.41, 5.74) is 10.7. The highest BCUT2D eigenvalue weighted by Gasteiger charge is 2.07. The van der Waals surface area contributed by atoms with E-state index in [2.05, 4.69) is 19.1 Å². The number of primary amides is 1. The highest BCUT2D eigenvalue weighted by Crippen LogP contribution is 2.09. The Morgan fingerprint density at radius 2 is 1.26 bits per heavy atom. The quantitative estimate of drug-likeness (QED) is 0.304. The van der Waals surface area contributed by atoms with Crippen LogP contribution in [0.4, 0.5) is 0 Å². The van der Waals surface area contributed by atoms with E-state index in [9.17, 15) is 4.79 Å². The third kappa shape index (κ3) is 21.8. The van der Waals surface area contributed by atoms with Gasteiger partial charge in [-0.2, -0.15) is 0 Å². The van der Waals surface area contributed by atoms with Crippen LogP contribution >= 0.6 is 24.8 Å². The van der Waals surface area contributed by atoms with Crippen LogP contribution in [0.5, 0.6) is 0 Å². The van der Waals surface area contributed by atoms with Gasteiger partial charge in [-0.25, -0.2) is 0 Å². The molecule has 0 aliphatic carbocycles. The number of carbonyl (C=O) groups is 1. The van der Waals surface area contributed by atoms with E-state index in [1.165, 1.54) is 64.2 Å². The van der Waals surface area contributed by atoms with Gasteiger partial charge >= 0.3 is 0 Å². The van der Waals surface area contributed by atoms with Gasteiger partial charge in [-0.3, -0.25) is 4.79 Å². The lowest BCUT2D eigenvalue weighted by molar-refractivity contribution is -0.119. The Morgan fingerprint density at radius 3 is 1.74 bits per heavy atom. The first-order valence-corrected chi connectivity index (χ1v) is 8.88. The van der Waals surface area contributed by atoms with Crippen molar-refractivity contribution < 1.29 is 4.79 Å². The minimum Gasteiger partial charge on any atom is -0.368 e. The van der Waals surface area contributed by atoms with Crippen LogP contribution in [0.3, 0.4) is 0 Å². The summed E-state index contributed by atoms with van der Waals surface area (Å²) in [5.74, 6) is -0.382. The van der Waals surface area contributed by atoms with E-state index >= 15 is 0 Å². The fourth-order valence-corrected chi connectivity index (χ4v) is 2.40. The van der Waals surface area contributed by atoms with Crippen molar-refractivity contribution in [1.82, 2.24) is 0 Å². The second kappa shape index (κ2) is 21.8. The first kappa shape index (κ1) is 27.6. The second-order valence-electron chi connectivity index (χ2n) is 6.03. The number of carbonyl (C=O) groups excluding carboxylic acids is 1. The molecule has 0 saturated carbocycles. The zero-order chi connectivity index (χ0) is 15.8. The van der Waals surface area contributed by atoms with Crippen molar-refractivity contribution >= 4 is 30.7 Å². The first-order valence-electron chi connectivity index (χ1n) is 8.88. The Labute approximate surface area is 155 Å². The molecule has 3 nitrogen and oxygen atoms in total.